The number of nitrogens with one attached hydrogen (secondary N) is 2. The highest BCUT2D eigenvalue weighted by Gasteiger charge is 2.28. The highest BCUT2D eigenvalue weighted by atomic mass is 16.6. The van der Waals surface area contributed by atoms with E-state index < -0.39 is 6.04 Å². The van der Waals surface area contributed by atoms with Crippen LogP contribution in [0.1, 0.15) is 11.6 Å². The van der Waals surface area contributed by atoms with Crippen molar-refractivity contribution in [3.8, 4) is 22.9 Å². The third-order valence-electron chi connectivity index (χ3n) is 7.01. The van der Waals surface area contributed by atoms with E-state index in [-0.39, 0.29) is 17.2 Å². The van der Waals surface area contributed by atoms with Gasteiger partial charge in [0.05, 0.1) is 16.7 Å². The van der Waals surface area contributed by atoms with E-state index >= 15 is 0 Å². The van der Waals surface area contributed by atoms with Gasteiger partial charge in [0, 0.05) is 22.7 Å². The fourth-order valence-electron chi connectivity index (χ4n) is 5.17. The number of ether oxygens (including phenoxy) is 2. The second-order valence-electron chi connectivity index (χ2n) is 9.56. The van der Waals surface area contributed by atoms with Crippen LogP contribution in [-0.4, -0.2) is 33.7 Å². The molecule has 7 rings (SSSR count). The number of para-hydroxylation sites is 3. The summed E-state index contributed by atoms with van der Waals surface area (Å²) in [5.74, 6) is 0.819. The topological polar surface area (TPSA) is 98.2 Å². The van der Waals surface area contributed by atoms with Crippen LogP contribution in [-0.2, 0) is 4.79 Å². The van der Waals surface area contributed by atoms with E-state index in [1.165, 1.54) is 4.57 Å². The first-order valence-electron chi connectivity index (χ1n) is 13.0. The number of carbonyl (C=O) groups is 1. The molecule has 0 spiro atoms. The van der Waals surface area contributed by atoms with E-state index in [2.05, 4.69) is 10.3 Å². The molecule has 196 valence electrons. The highest BCUT2D eigenvalue weighted by molar-refractivity contribution is 5.97. The number of hydrogen-bond donors (Lipinski definition) is 2. The fraction of sp³-hybridized carbons (Fsp3) is 0.0938. The zero-order chi connectivity index (χ0) is 27.1. The quantitative estimate of drug-likeness (QED) is 0.306. The van der Waals surface area contributed by atoms with Crippen LogP contribution in [0.15, 0.2) is 108 Å². The Morgan fingerprint density at radius 1 is 0.850 bits per heavy atom. The number of fused-ring (bicyclic) bond motifs is 3. The third kappa shape index (κ3) is 4.16. The van der Waals surface area contributed by atoms with Gasteiger partial charge in [-0.15, -0.1) is 0 Å². The number of hydrogen-bond acceptors (Lipinski definition) is 5. The maximum Gasteiger partial charge on any atom is 0.280 e. The number of H-pyrrole nitrogens is 1. The first-order chi connectivity index (χ1) is 19.7. The summed E-state index contributed by atoms with van der Waals surface area (Å²) in [5, 5.41) is 3.97. The number of benzene rings is 4. The summed E-state index contributed by atoms with van der Waals surface area (Å²) < 4.78 is 12.8. The van der Waals surface area contributed by atoms with Crippen LogP contribution in [0.2, 0.25) is 0 Å². The van der Waals surface area contributed by atoms with Crippen LogP contribution in [0.4, 0.5) is 5.69 Å². The summed E-state index contributed by atoms with van der Waals surface area (Å²) in [7, 11) is 0. The molecule has 1 atom stereocenters. The number of aromatic amines is 1. The summed E-state index contributed by atoms with van der Waals surface area (Å²) in [6.45, 7) is 0.914. The summed E-state index contributed by atoms with van der Waals surface area (Å²) >= 11 is 0. The lowest BCUT2D eigenvalue weighted by atomic mass is 10.0. The molecule has 1 aliphatic heterocycles. The van der Waals surface area contributed by atoms with Gasteiger partial charge in [0.2, 0.25) is 0 Å². The van der Waals surface area contributed by atoms with Crippen LogP contribution in [0, 0.1) is 0 Å². The summed E-state index contributed by atoms with van der Waals surface area (Å²) in [6.07, 6.45) is 0. The van der Waals surface area contributed by atoms with E-state index in [1.54, 1.807) is 18.2 Å². The minimum absolute atomic E-state index is 0.239. The number of amides is 1. The average molecular weight is 529 g/mol. The first-order valence-corrected chi connectivity index (χ1v) is 13.0. The van der Waals surface area contributed by atoms with E-state index in [4.69, 9.17) is 14.5 Å². The molecular formula is C32H24N4O4. The van der Waals surface area contributed by atoms with Crippen LogP contribution >= 0.6 is 0 Å². The summed E-state index contributed by atoms with van der Waals surface area (Å²) in [5.41, 5.74) is 3.71. The molecule has 4 aromatic carbocycles. The van der Waals surface area contributed by atoms with Crippen LogP contribution in [0.5, 0.6) is 11.5 Å². The number of aromatic nitrogens is 3. The van der Waals surface area contributed by atoms with Gasteiger partial charge in [0.25, 0.3) is 11.5 Å². The zero-order valence-electron chi connectivity index (χ0n) is 21.3. The van der Waals surface area contributed by atoms with Crippen molar-refractivity contribution in [2.45, 2.75) is 6.04 Å². The molecule has 2 N–H and O–H groups in total. The smallest absolute Gasteiger partial charge is 0.280 e. The SMILES string of the molecule is O=C(Nc1ccc2c(c1)OCCO2)C(c1ccccc1)n1c(=O)c(-c2cc3ccccc3[nH]2)nc2ccccc21. The molecular weight excluding hydrogens is 504 g/mol. The number of rotatable bonds is 5. The van der Waals surface area contributed by atoms with Gasteiger partial charge in [0.1, 0.15) is 19.3 Å². The van der Waals surface area contributed by atoms with Gasteiger partial charge in [-0.2, -0.15) is 0 Å². The van der Waals surface area contributed by atoms with E-state index in [1.807, 2.05) is 84.9 Å². The zero-order valence-corrected chi connectivity index (χ0v) is 21.3. The summed E-state index contributed by atoms with van der Waals surface area (Å²) in [6, 6.07) is 30.6. The highest BCUT2D eigenvalue weighted by Crippen LogP contribution is 2.33. The van der Waals surface area contributed by atoms with E-state index in [9.17, 15) is 9.59 Å². The number of anilines is 1. The van der Waals surface area contributed by atoms with Crippen molar-refractivity contribution < 1.29 is 14.3 Å². The van der Waals surface area contributed by atoms with Crippen molar-refractivity contribution in [3.63, 3.8) is 0 Å². The largest absolute Gasteiger partial charge is 0.486 e. The molecule has 1 amide bonds. The molecule has 40 heavy (non-hydrogen) atoms. The van der Waals surface area contributed by atoms with Gasteiger partial charge < -0.3 is 19.8 Å². The standard InChI is InChI=1S/C32H24N4O4/c37-31(33-22-14-15-27-28(19-22)40-17-16-39-27)30(20-8-2-1-3-9-20)36-26-13-7-6-12-24(26)35-29(32(36)38)25-18-21-10-4-5-11-23(21)34-25/h1-15,18-19,30,34H,16-17H2,(H,33,37). The molecule has 6 aromatic rings. The van der Waals surface area contributed by atoms with Gasteiger partial charge in [0.15, 0.2) is 17.2 Å². The molecule has 0 radical (unpaired) electrons. The molecule has 0 fully saturated rings. The van der Waals surface area contributed by atoms with Gasteiger partial charge in [-0.3, -0.25) is 14.2 Å². The second-order valence-corrected chi connectivity index (χ2v) is 9.56. The molecule has 0 aliphatic carbocycles. The van der Waals surface area contributed by atoms with Crippen molar-refractivity contribution in [1.29, 1.82) is 0 Å². The lowest BCUT2D eigenvalue weighted by Crippen LogP contribution is -2.35. The third-order valence-corrected chi connectivity index (χ3v) is 7.01. The van der Waals surface area contributed by atoms with Gasteiger partial charge in [-0.05, 0) is 42.0 Å². The van der Waals surface area contributed by atoms with Crippen molar-refractivity contribution in [3.05, 3.63) is 119 Å². The first kappa shape index (κ1) is 23.7. The second kappa shape index (κ2) is 9.74. The molecule has 0 bridgehead atoms. The summed E-state index contributed by atoms with van der Waals surface area (Å²) in [4.78, 5) is 36.4. The maximum atomic E-state index is 14.3. The Balaban J connectivity index is 1.40. The average Bonchev–Trinajstić information content (AvgIpc) is 3.43. The molecule has 8 nitrogen and oxygen atoms in total. The number of carbonyl (C=O) groups excluding carboxylic acids is 1. The molecule has 1 aliphatic rings. The molecule has 1 unspecified atom stereocenters. The minimum atomic E-state index is -0.974. The lowest BCUT2D eigenvalue weighted by Gasteiger charge is -2.23. The van der Waals surface area contributed by atoms with Crippen LogP contribution in [0.25, 0.3) is 33.3 Å². The number of nitrogens with zero attached hydrogens (tertiary/aromatic N) is 2. The Morgan fingerprint density at radius 3 is 2.45 bits per heavy atom. The Hall–Kier alpha value is -5.37. The maximum absolute atomic E-state index is 14.3. The van der Waals surface area contributed by atoms with Gasteiger partial charge in [-0.1, -0.05) is 60.7 Å². The predicted molar refractivity (Wildman–Crippen MR) is 154 cm³/mol. The van der Waals surface area contributed by atoms with Crippen molar-refractivity contribution in [1.82, 2.24) is 14.5 Å². The van der Waals surface area contributed by atoms with E-state index in [0.29, 0.717) is 52.7 Å². The molecule has 2 aromatic heterocycles. The van der Waals surface area contributed by atoms with Gasteiger partial charge in [-0.25, -0.2) is 4.98 Å². The van der Waals surface area contributed by atoms with Crippen molar-refractivity contribution in [2.24, 2.45) is 0 Å². The Kier molecular flexibility index (Phi) is 5.78. The van der Waals surface area contributed by atoms with Gasteiger partial charge >= 0.3 is 0 Å². The lowest BCUT2D eigenvalue weighted by molar-refractivity contribution is -0.118. The molecule has 0 saturated heterocycles. The Morgan fingerprint density at radius 2 is 1.60 bits per heavy atom. The van der Waals surface area contributed by atoms with Crippen LogP contribution in [0.3, 0.4) is 0 Å². The Labute approximate surface area is 228 Å². The van der Waals surface area contributed by atoms with Crippen LogP contribution < -0.4 is 20.3 Å². The van der Waals surface area contributed by atoms with E-state index in [0.717, 1.165) is 10.9 Å². The molecule has 0 saturated carbocycles. The van der Waals surface area contributed by atoms with Crippen molar-refractivity contribution >= 4 is 33.5 Å². The fourth-order valence-corrected chi connectivity index (χ4v) is 5.17. The monoisotopic (exact) mass is 528 g/mol. The van der Waals surface area contributed by atoms with Crippen molar-refractivity contribution in [2.75, 3.05) is 18.5 Å². The normalized spacial score (nSPS) is 13.3. The minimum Gasteiger partial charge on any atom is -0.486 e. The molecule has 8 heteroatoms. The molecule has 3 heterocycles. The predicted octanol–water partition coefficient (Wildman–Crippen LogP) is 5.54. The Bertz CT molecular complexity index is 1910.